The molecule has 0 heterocycles. The van der Waals surface area contributed by atoms with Gasteiger partial charge in [0.2, 0.25) is 0 Å². The fourth-order valence-corrected chi connectivity index (χ4v) is 3.11. The zero-order valence-electron chi connectivity index (χ0n) is 15.6. The molecule has 0 aliphatic rings. The maximum absolute atomic E-state index is 11.7. The summed E-state index contributed by atoms with van der Waals surface area (Å²) in [6.07, 6.45) is 0.146. The Labute approximate surface area is 173 Å². The van der Waals surface area contributed by atoms with Gasteiger partial charge in [-0.1, -0.05) is 60.7 Å². The molecule has 3 aromatic carbocycles. The van der Waals surface area contributed by atoms with Gasteiger partial charge < -0.3 is 14.2 Å². The molecule has 0 saturated carbocycles. The summed E-state index contributed by atoms with van der Waals surface area (Å²) in [5.74, 6) is 0.923. The molecular formula is C23H21BrO4. The van der Waals surface area contributed by atoms with Crippen LogP contribution in [0.4, 0.5) is 0 Å². The summed E-state index contributed by atoms with van der Waals surface area (Å²) in [6, 6.07) is 23.5. The lowest BCUT2D eigenvalue weighted by Gasteiger charge is -2.15. The molecule has 0 aromatic heterocycles. The van der Waals surface area contributed by atoms with Crippen LogP contribution in [0.25, 0.3) is 0 Å². The highest BCUT2D eigenvalue weighted by atomic mass is 79.9. The molecule has 0 atom stereocenters. The van der Waals surface area contributed by atoms with E-state index >= 15 is 0 Å². The number of benzene rings is 3. The molecule has 0 unspecified atom stereocenters. The second-order valence-electron chi connectivity index (χ2n) is 6.21. The molecule has 0 amide bonds. The normalized spacial score (nSPS) is 10.4. The van der Waals surface area contributed by atoms with Gasteiger partial charge in [-0.05, 0) is 44.8 Å². The Morgan fingerprint density at radius 1 is 0.786 bits per heavy atom. The Morgan fingerprint density at radius 2 is 1.25 bits per heavy atom. The van der Waals surface area contributed by atoms with Crippen LogP contribution in [0.15, 0.2) is 77.3 Å². The van der Waals surface area contributed by atoms with Gasteiger partial charge >= 0.3 is 5.97 Å². The van der Waals surface area contributed by atoms with Crippen LogP contribution >= 0.6 is 15.9 Å². The van der Waals surface area contributed by atoms with E-state index in [4.69, 9.17) is 14.2 Å². The first-order chi connectivity index (χ1) is 13.7. The van der Waals surface area contributed by atoms with Crippen molar-refractivity contribution in [3.63, 3.8) is 0 Å². The number of ether oxygens (including phenoxy) is 3. The molecule has 144 valence electrons. The van der Waals surface area contributed by atoms with Crippen LogP contribution < -0.4 is 9.47 Å². The van der Waals surface area contributed by atoms with Gasteiger partial charge in [0.1, 0.15) is 29.2 Å². The van der Waals surface area contributed by atoms with Crippen molar-refractivity contribution in [1.82, 2.24) is 0 Å². The smallest absolute Gasteiger partial charge is 0.309 e. The van der Waals surface area contributed by atoms with E-state index in [0.717, 1.165) is 16.7 Å². The molecule has 0 bridgehead atoms. The number of methoxy groups -OCH3 is 1. The molecule has 0 aliphatic carbocycles. The lowest BCUT2D eigenvalue weighted by atomic mass is 10.1. The third-order valence-corrected chi connectivity index (χ3v) is 4.90. The Hall–Kier alpha value is -2.79. The van der Waals surface area contributed by atoms with E-state index in [-0.39, 0.29) is 12.4 Å². The van der Waals surface area contributed by atoms with Gasteiger partial charge in [-0.3, -0.25) is 4.79 Å². The van der Waals surface area contributed by atoms with Crippen LogP contribution in [0.2, 0.25) is 0 Å². The van der Waals surface area contributed by atoms with E-state index in [2.05, 4.69) is 15.9 Å². The standard InChI is InChI=1S/C23H21BrO4/c1-26-22(25)14-19-12-20(27-15-17-8-4-2-5-9-17)23(24)21(13-19)28-16-18-10-6-3-7-11-18/h2-13H,14-16H2,1H3. The van der Waals surface area contributed by atoms with Crippen molar-refractivity contribution in [3.8, 4) is 11.5 Å². The Bertz CT molecular complexity index is 846. The van der Waals surface area contributed by atoms with Crippen molar-refractivity contribution in [2.45, 2.75) is 19.6 Å². The molecule has 0 N–H and O–H groups in total. The number of carbonyl (C=O) groups excluding carboxylic acids is 1. The summed E-state index contributed by atoms with van der Waals surface area (Å²) < 4.78 is 17.5. The summed E-state index contributed by atoms with van der Waals surface area (Å²) in [6.45, 7) is 0.832. The lowest BCUT2D eigenvalue weighted by Crippen LogP contribution is -2.06. The Morgan fingerprint density at radius 3 is 1.68 bits per heavy atom. The fourth-order valence-electron chi connectivity index (χ4n) is 2.65. The maximum atomic E-state index is 11.7. The van der Waals surface area contributed by atoms with Gasteiger partial charge in [0.15, 0.2) is 0 Å². The molecule has 3 aromatic rings. The van der Waals surface area contributed by atoms with Gasteiger partial charge in [0.25, 0.3) is 0 Å². The minimum absolute atomic E-state index is 0.146. The molecule has 5 heteroatoms. The molecule has 0 fully saturated rings. The number of rotatable bonds is 8. The molecule has 4 nitrogen and oxygen atoms in total. The summed E-state index contributed by atoms with van der Waals surface area (Å²) in [5, 5.41) is 0. The van der Waals surface area contributed by atoms with Crippen LogP contribution in [0.1, 0.15) is 16.7 Å². The van der Waals surface area contributed by atoms with Gasteiger partial charge in [-0.2, -0.15) is 0 Å². The Balaban J connectivity index is 1.81. The van der Waals surface area contributed by atoms with Gasteiger partial charge in [-0.25, -0.2) is 0 Å². The first-order valence-corrected chi connectivity index (χ1v) is 9.67. The SMILES string of the molecule is COC(=O)Cc1cc(OCc2ccccc2)c(Br)c(OCc2ccccc2)c1. The second kappa shape index (κ2) is 9.95. The van der Waals surface area contributed by atoms with Crippen molar-refractivity contribution in [2.24, 2.45) is 0 Å². The zero-order valence-corrected chi connectivity index (χ0v) is 17.1. The third kappa shape index (κ3) is 5.60. The predicted octanol–water partition coefficient (Wildman–Crippen LogP) is 5.32. The molecule has 0 radical (unpaired) electrons. The van der Waals surface area contributed by atoms with Gasteiger partial charge in [0, 0.05) is 0 Å². The minimum atomic E-state index is -0.314. The lowest BCUT2D eigenvalue weighted by molar-refractivity contribution is -0.139. The van der Waals surface area contributed by atoms with Gasteiger partial charge in [-0.15, -0.1) is 0 Å². The maximum Gasteiger partial charge on any atom is 0.309 e. The quantitative estimate of drug-likeness (QED) is 0.444. The average Bonchev–Trinajstić information content (AvgIpc) is 2.74. The first kappa shape index (κ1) is 20.0. The highest BCUT2D eigenvalue weighted by Crippen LogP contribution is 2.37. The number of hydrogen-bond acceptors (Lipinski definition) is 4. The van der Waals surface area contributed by atoms with E-state index in [9.17, 15) is 4.79 Å². The fraction of sp³-hybridized carbons (Fsp3) is 0.174. The first-order valence-electron chi connectivity index (χ1n) is 8.88. The molecule has 3 rings (SSSR count). The van der Waals surface area contributed by atoms with Crippen LogP contribution in [-0.4, -0.2) is 13.1 Å². The highest BCUT2D eigenvalue weighted by Gasteiger charge is 2.14. The summed E-state index contributed by atoms with van der Waals surface area (Å²) >= 11 is 3.58. The van der Waals surface area contributed by atoms with Crippen molar-refractivity contribution in [3.05, 3.63) is 94.0 Å². The minimum Gasteiger partial charge on any atom is -0.488 e. The number of halogens is 1. The molecule has 0 aliphatic heterocycles. The largest absolute Gasteiger partial charge is 0.488 e. The van der Waals surface area contributed by atoms with E-state index in [1.54, 1.807) is 0 Å². The van der Waals surface area contributed by atoms with Crippen molar-refractivity contribution in [2.75, 3.05) is 7.11 Å². The molecule has 0 spiro atoms. The zero-order chi connectivity index (χ0) is 19.8. The second-order valence-corrected chi connectivity index (χ2v) is 7.00. The number of esters is 1. The van der Waals surface area contributed by atoms with Gasteiger partial charge in [0.05, 0.1) is 13.5 Å². The van der Waals surface area contributed by atoms with Crippen LogP contribution in [-0.2, 0) is 29.2 Å². The van der Waals surface area contributed by atoms with Crippen LogP contribution in [0.5, 0.6) is 11.5 Å². The van der Waals surface area contributed by atoms with E-state index < -0.39 is 0 Å². The molecule has 0 saturated heterocycles. The summed E-state index contributed by atoms with van der Waals surface area (Å²) in [4.78, 5) is 11.7. The van der Waals surface area contributed by atoms with Crippen molar-refractivity contribution < 1.29 is 19.0 Å². The van der Waals surface area contributed by atoms with Crippen LogP contribution in [0.3, 0.4) is 0 Å². The topological polar surface area (TPSA) is 44.8 Å². The predicted molar refractivity (Wildman–Crippen MR) is 111 cm³/mol. The van der Waals surface area contributed by atoms with Crippen molar-refractivity contribution >= 4 is 21.9 Å². The van der Waals surface area contributed by atoms with E-state index in [1.807, 2.05) is 72.8 Å². The van der Waals surface area contributed by atoms with E-state index in [1.165, 1.54) is 7.11 Å². The number of hydrogen-bond donors (Lipinski definition) is 0. The Kier molecular flexibility index (Phi) is 7.09. The summed E-state index contributed by atoms with van der Waals surface area (Å²) in [5.41, 5.74) is 2.88. The van der Waals surface area contributed by atoms with Crippen molar-refractivity contribution in [1.29, 1.82) is 0 Å². The number of carbonyl (C=O) groups is 1. The van der Waals surface area contributed by atoms with Crippen LogP contribution in [0, 0.1) is 0 Å². The average molecular weight is 441 g/mol. The molecule has 28 heavy (non-hydrogen) atoms. The summed E-state index contributed by atoms with van der Waals surface area (Å²) in [7, 11) is 1.38. The third-order valence-electron chi connectivity index (χ3n) is 4.12. The highest BCUT2D eigenvalue weighted by molar-refractivity contribution is 9.10. The van der Waals surface area contributed by atoms with E-state index in [0.29, 0.717) is 29.2 Å². The monoisotopic (exact) mass is 440 g/mol. The molecular weight excluding hydrogens is 420 g/mol.